The van der Waals surface area contributed by atoms with E-state index in [4.69, 9.17) is 18.9 Å². The summed E-state index contributed by atoms with van der Waals surface area (Å²) in [6.07, 6.45) is 6.46. The average Bonchev–Trinajstić information content (AvgIpc) is 2.87. The molecule has 0 radical (unpaired) electrons. The first-order valence-corrected chi connectivity index (χ1v) is 14.8. The fourth-order valence-electron chi connectivity index (χ4n) is 5.33. The molecule has 0 aromatic rings. The summed E-state index contributed by atoms with van der Waals surface area (Å²) in [4.78, 5) is 52.5. The Morgan fingerprint density at radius 3 is 1.71 bits per heavy atom. The molecule has 0 spiro atoms. The molecular weight excluding hydrogens is 490 g/mol. The van der Waals surface area contributed by atoms with Gasteiger partial charge in [-0.15, -0.1) is 0 Å². The maximum absolute atomic E-state index is 12.8. The Kier molecular flexibility index (Phi) is 14.7. The van der Waals surface area contributed by atoms with Gasteiger partial charge in [-0.25, -0.2) is 0 Å². The highest BCUT2D eigenvalue weighted by atomic mass is 16.6. The van der Waals surface area contributed by atoms with Gasteiger partial charge in [0.15, 0.2) is 18.3 Å². The zero-order valence-electron chi connectivity index (χ0n) is 23.9. The molecule has 1 saturated carbocycles. The summed E-state index contributed by atoms with van der Waals surface area (Å²) in [6.45, 7) is 8.59. The third kappa shape index (κ3) is 10.5. The number of esters is 4. The predicted octanol–water partition coefficient (Wildman–Crippen LogP) is 4.73. The first-order valence-electron chi connectivity index (χ1n) is 14.8. The fourth-order valence-corrected chi connectivity index (χ4v) is 5.33. The Labute approximate surface area is 228 Å². The normalized spacial score (nSPS) is 24.4. The standard InChI is InChI=1S/C29H49NO8/c1-5-12-24(31)35-20-22-28(37-26(33)14-7-3)29(38-27(34)15-8-4)23(36-25(32)13-6-2)19-30(22)18-21-16-10-9-11-17-21/h21-23,28-29H,5-20H2,1-4H3/t22-,23+,28-,29-/m1/s1. The number of carbonyl (C=O) groups excluding carboxylic acids is 4. The first-order chi connectivity index (χ1) is 18.3. The van der Waals surface area contributed by atoms with E-state index in [0.29, 0.717) is 51.1 Å². The van der Waals surface area contributed by atoms with E-state index in [-0.39, 0.29) is 37.8 Å². The van der Waals surface area contributed by atoms with E-state index in [1.165, 1.54) is 6.42 Å². The molecular formula is C29H49NO8. The highest BCUT2D eigenvalue weighted by Crippen LogP contribution is 2.32. The molecule has 0 N–H and O–H groups in total. The van der Waals surface area contributed by atoms with Crippen molar-refractivity contribution in [2.24, 2.45) is 5.92 Å². The second kappa shape index (κ2) is 17.4. The largest absolute Gasteiger partial charge is 0.464 e. The Hall–Kier alpha value is -2.16. The number of ether oxygens (including phenoxy) is 4. The second-order valence-corrected chi connectivity index (χ2v) is 10.6. The molecule has 2 aliphatic rings. The summed E-state index contributed by atoms with van der Waals surface area (Å²) in [5, 5.41) is 0. The Morgan fingerprint density at radius 1 is 0.658 bits per heavy atom. The van der Waals surface area contributed by atoms with Gasteiger partial charge in [-0.3, -0.25) is 24.1 Å². The lowest BCUT2D eigenvalue weighted by atomic mass is 9.86. The van der Waals surface area contributed by atoms with Gasteiger partial charge in [-0.1, -0.05) is 47.0 Å². The van der Waals surface area contributed by atoms with Gasteiger partial charge in [0, 0.05) is 38.8 Å². The van der Waals surface area contributed by atoms with Crippen LogP contribution in [0.1, 0.15) is 111 Å². The van der Waals surface area contributed by atoms with Crippen LogP contribution in [-0.2, 0) is 38.1 Å². The molecule has 0 bridgehead atoms. The molecule has 1 heterocycles. The van der Waals surface area contributed by atoms with Gasteiger partial charge in [-0.05, 0) is 44.4 Å². The molecule has 9 nitrogen and oxygen atoms in total. The molecule has 0 unspecified atom stereocenters. The molecule has 1 aliphatic heterocycles. The van der Waals surface area contributed by atoms with Crippen LogP contribution < -0.4 is 0 Å². The van der Waals surface area contributed by atoms with Gasteiger partial charge in [0.1, 0.15) is 6.61 Å². The lowest BCUT2D eigenvalue weighted by Crippen LogP contribution is -2.66. The minimum absolute atomic E-state index is 0.00702. The number of hydrogen-bond acceptors (Lipinski definition) is 9. The van der Waals surface area contributed by atoms with E-state index in [1.54, 1.807) is 0 Å². The summed E-state index contributed by atoms with van der Waals surface area (Å²) in [5.74, 6) is -1.11. The number of nitrogens with zero attached hydrogens (tertiary/aromatic N) is 1. The summed E-state index contributed by atoms with van der Waals surface area (Å²) < 4.78 is 23.4. The highest BCUT2D eigenvalue weighted by Gasteiger charge is 2.50. The van der Waals surface area contributed by atoms with Gasteiger partial charge in [0.25, 0.3) is 0 Å². The first kappa shape index (κ1) is 32.1. The maximum atomic E-state index is 12.8. The Bertz CT molecular complexity index is 751. The number of likely N-dealkylation sites (tertiary alicyclic amines) is 1. The predicted molar refractivity (Wildman–Crippen MR) is 142 cm³/mol. The quantitative estimate of drug-likeness (QED) is 0.215. The summed E-state index contributed by atoms with van der Waals surface area (Å²) >= 11 is 0. The van der Waals surface area contributed by atoms with E-state index >= 15 is 0 Å². The van der Waals surface area contributed by atoms with Crippen LogP contribution in [0.3, 0.4) is 0 Å². The van der Waals surface area contributed by atoms with Crippen molar-refractivity contribution in [3.8, 4) is 0 Å². The van der Waals surface area contributed by atoms with Gasteiger partial charge in [0.05, 0.1) is 6.04 Å². The molecule has 1 aliphatic carbocycles. The highest BCUT2D eigenvalue weighted by molar-refractivity contribution is 5.72. The molecule has 2 rings (SSSR count). The van der Waals surface area contributed by atoms with Crippen LogP contribution >= 0.6 is 0 Å². The van der Waals surface area contributed by atoms with Gasteiger partial charge in [0.2, 0.25) is 0 Å². The lowest BCUT2D eigenvalue weighted by molar-refractivity contribution is -0.211. The molecule has 218 valence electrons. The fraction of sp³-hybridized carbons (Fsp3) is 0.862. The summed E-state index contributed by atoms with van der Waals surface area (Å²) in [5.41, 5.74) is 0. The average molecular weight is 540 g/mol. The van der Waals surface area contributed by atoms with Crippen molar-refractivity contribution < 1.29 is 38.1 Å². The number of hydrogen-bond donors (Lipinski definition) is 0. The second-order valence-electron chi connectivity index (χ2n) is 10.6. The SMILES string of the molecule is CCCC(=O)OC[C@@H]1[C@@H](OC(=O)CCC)[C@H](OC(=O)CCC)[C@@H](OC(=O)CCC)CN1CC1CCCCC1. The van der Waals surface area contributed by atoms with E-state index in [1.807, 2.05) is 27.7 Å². The molecule has 1 saturated heterocycles. The van der Waals surface area contributed by atoms with Crippen LogP contribution in [0.5, 0.6) is 0 Å². The monoisotopic (exact) mass is 539 g/mol. The van der Waals surface area contributed by atoms with Crippen LogP contribution in [0.4, 0.5) is 0 Å². The van der Waals surface area contributed by atoms with Crippen molar-refractivity contribution in [1.82, 2.24) is 4.90 Å². The van der Waals surface area contributed by atoms with Crippen molar-refractivity contribution in [2.45, 2.75) is 136 Å². The van der Waals surface area contributed by atoms with Crippen molar-refractivity contribution in [3.05, 3.63) is 0 Å². The van der Waals surface area contributed by atoms with E-state index < -0.39 is 36.3 Å². The summed E-state index contributed by atoms with van der Waals surface area (Å²) in [7, 11) is 0. The minimum atomic E-state index is -0.979. The molecule has 2 fully saturated rings. The Balaban J connectivity index is 2.44. The molecule has 38 heavy (non-hydrogen) atoms. The van der Waals surface area contributed by atoms with Gasteiger partial charge < -0.3 is 18.9 Å². The lowest BCUT2D eigenvalue weighted by Gasteiger charge is -2.48. The maximum Gasteiger partial charge on any atom is 0.306 e. The number of rotatable bonds is 15. The van der Waals surface area contributed by atoms with Crippen molar-refractivity contribution >= 4 is 23.9 Å². The topological polar surface area (TPSA) is 108 Å². The van der Waals surface area contributed by atoms with Gasteiger partial charge in [-0.2, -0.15) is 0 Å². The van der Waals surface area contributed by atoms with Crippen molar-refractivity contribution in [3.63, 3.8) is 0 Å². The smallest absolute Gasteiger partial charge is 0.306 e. The van der Waals surface area contributed by atoms with E-state index in [9.17, 15) is 19.2 Å². The van der Waals surface area contributed by atoms with Crippen LogP contribution in [0.2, 0.25) is 0 Å². The zero-order valence-corrected chi connectivity index (χ0v) is 23.9. The zero-order chi connectivity index (χ0) is 27.9. The molecule has 0 amide bonds. The van der Waals surface area contributed by atoms with E-state index in [0.717, 1.165) is 25.7 Å². The molecule has 0 aromatic heterocycles. The third-order valence-corrected chi connectivity index (χ3v) is 7.22. The third-order valence-electron chi connectivity index (χ3n) is 7.22. The van der Waals surface area contributed by atoms with Crippen LogP contribution in [-0.4, -0.2) is 72.8 Å². The van der Waals surface area contributed by atoms with Crippen LogP contribution in [0.15, 0.2) is 0 Å². The molecule has 4 atom stereocenters. The van der Waals surface area contributed by atoms with Crippen molar-refractivity contribution in [1.29, 1.82) is 0 Å². The van der Waals surface area contributed by atoms with Gasteiger partial charge >= 0.3 is 23.9 Å². The minimum Gasteiger partial charge on any atom is -0.464 e. The van der Waals surface area contributed by atoms with Crippen LogP contribution in [0.25, 0.3) is 0 Å². The summed E-state index contributed by atoms with van der Waals surface area (Å²) in [6, 6.07) is -0.515. The molecule has 0 aromatic carbocycles. The number of carbonyl (C=O) groups is 4. The van der Waals surface area contributed by atoms with E-state index in [2.05, 4.69) is 4.90 Å². The Morgan fingerprint density at radius 2 is 1.16 bits per heavy atom. The van der Waals surface area contributed by atoms with Crippen molar-refractivity contribution in [2.75, 3.05) is 19.7 Å². The molecule has 9 heteroatoms. The number of piperidine rings is 1. The van der Waals surface area contributed by atoms with Crippen LogP contribution in [0, 0.1) is 5.92 Å².